The molecule has 4 aromatic rings. The zero-order chi connectivity index (χ0) is 19.7. The molecule has 0 saturated heterocycles. The number of benzene rings is 3. The van der Waals surface area contributed by atoms with Gasteiger partial charge in [0.05, 0.1) is 0 Å². The number of rotatable bonds is 5. The highest BCUT2D eigenvalue weighted by Crippen LogP contribution is 2.31. The van der Waals surface area contributed by atoms with Crippen LogP contribution in [-0.4, -0.2) is 16.6 Å². The Balaban J connectivity index is 1.60. The van der Waals surface area contributed by atoms with Crippen molar-refractivity contribution in [2.75, 3.05) is 5.32 Å². The molecule has 142 valence electrons. The van der Waals surface area contributed by atoms with Gasteiger partial charge in [-0.1, -0.05) is 30.3 Å². The molecular formula is C23H21FN2O2. The van der Waals surface area contributed by atoms with Crippen LogP contribution < -0.4 is 10.1 Å². The highest BCUT2D eigenvalue weighted by molar-refractivity contribution is 6.10. The van der Waals surface area contributed by atoms with E-state index in [1.807, 2.05) is 30.3 Å². The molecule has 0 aliphatic carbocycles. The van der Waals surface area contributed by atoms with Gasteiger partial charge in [0, 0.05) is 34.0 Å². The van der Waals surface area contributed by atoms with Gasteiger partial charge in [0.1, 0.15) is 0 Å². The fourth-order valence-electron chi connectivity index (χ4n) is 3.50. The van der Waals surface area contributed by atoms with E-state index in [9.17, 15) is 9.18 Å². The minimum atomic E-state index is -0.829. The standard InChI is InChI=1S/C23H21FN2O2/c1-3-26-20-10-6-4-8-17(20)18-14-16(12-13-21(18)26)25-23(27)15(2)28-22-11-7-5-9-19(22)24/h4-15H,3H2,1-2H3,(H,25,27)/t15-/m1/s1. The number of aromatic nitrogens is 1. The van der Waals surface area contributed by atoms with Gasteiger partial charge in [-0.3, -0.25) is 4.79 Å². The number of aryl methyl sites for hydroxylation is 1. The number of halogens is 1. The van der Waals surface area contributed by atoms with Crippen molar-refractivity contribution in [2.24, 2.45) is 0 Å². The lowest BCUT2D eigenvalue weighted by Crippen LogP contribution is -2.30. The van der Waals surface area contributed by atoms with E-state index in [0.29, 0.717) is 5.69 Å². The molecule has 0 aliphatic heterocycles. The van der Waals surface area contributed by atoms with Crippen molar-refractivity contribution in [3.05, 3.63) is 72.5 Å². The number of para-hydroxylation sites is 2. The number of nitrogens with one attached hydrogen (secondary N) is 1. The number of hydrogen-bond donors (Lipinski definition) is 1. The van der Waals surface area contributed by atoms with Crippen LogP contribution in [0.1, 0.15) is 13.8 Å². The Morgan fingerprint density at radius 3 is 2.54 bits per heavy atom. The van der Waals surface area contributed by atoms with E-state index < -0.39 is 11.9 Å². The van der Waals surface area contributed by atoms with Crippen LogP contribution in [0.3, 0.4) is 0 Å². The molecule has 1 aromatic heterocycles. The van der Waals surface area contributed by atoms with E-state index in [4.69, 9.17) is 4.74 Å². The fraction of sp³-hybridized carbons (Fsp3) is 0.174. The Bertz CT molecular complexity index is 1170. The molecule has 0 aliphatic rings. The smallest absolute Gasteiger partial charge is 0.265 e. The molecule has 0 spiro atoms. The summed E-state index contributed by atoms with van der Waals surface area (Å²) in [6, 6.07) is 20.1. The van der Waals surface area contributed by atoms with E-state index in [-0.39, 0.29) is 11.7 Å². The third kappa shape index (κ3) is 3.20. The topological polar surface area (TPSA) is 43.3 Å². The second-order valence-corrected chi connectivity index (χ2v) is 6.67. The average Bonchev–Trinajstić information content (AvgIpc) is 3.02. The number of nitrogens with zero attached hydrogens (tertiary/aromatic N) is 1. The molecule has 4 rings (SSSR count). The van der Waals surface area contributed by atoms with Crippen molar-refractivity contribution in [1.82, 2.24) is 4.57 Å². The lowest BCUT2D eigenvalue weighted by atomic mass is 10.1. The fourth-order valence-corrected chi connectivity index (χ4v) is 3.50. The zero-order valence-electron chi connectivity index (χ0n) is 15.8. The van der Waals surface area contributed by atoms with Gasteiger partial charge in [0.25, 0.3) is 5.91 Å². The molecular weight excluding hydrogens is 355 g/mol. The summed E-state index contributed by atoms with van der Waals surface area (Å²) in [5, 5.41) is 5.10. The van der Waals surface area contributed by atoms with Crippen LogP contribution in [0, 0.1) is 5.82 Å². The van der Waals surface area contributed by atoms with E-state index in [0.717, 1.165) is 22.8 Å². The predicted octanol–water partition coefficient (Wildman–Crippen LogP) is 5.36. The van der Waals surface area contributed by atoms with Crippen LogP contribution in [0.2, 0.25) is 0 Å². The van der Waals surface area contributed by atoms with Crippen LogP contribution in [0.5, 0.6) is 5.75 Å². The second-order valence-electron chi connectivity index (χ2n) is 6.67. The Hall–Kier alpha value is -3.34. The number of fused-ring (bicyclic) bond motifs is 3. The van der Waals surface area contributed by atoms with E-state index in [1.54, 1.807) is 19.1 Å². The maximum absolute atomic E-state index is 13.7. The monoisotopic (exact) mass is 376 g/mol. The summed E-state index contributed by atoms with van der Waals surface area (Å²) in [6.07, 6.45) is -0.829. The van der Waals surface area contributed by atoms with Crippen molar-refractivity contribution in [3.63, 3.8) is 0 Å². The first-order chi connectivity index (χ1) is 13.6. The van der Waals surface area contributed by atoms with Crippen molar-refractivity contribution in [2.45, 2.75) is 26.5 Å². The molecule has 3 aromatic carbocycles. The Labute approximate surface area is 162 Å². The van der Waals surface area contributed by atoms with Crippen LogP contribution in [-0.2, 0) is 11.3 Å². The lowest BCUT2D eigenvalue weighted by Gasteiger charge is -2.15. The normalized spacial score (nSPS) is 12.2. The number of anilines is 1. The van der Waals surface area contributed by atoms with Crippen LogP contribution in [0.4, 0.5) is 10.1 Å². The molecule has 5 heteroatoms. The minimum Gasteiger partial charge on any atom is -0.478 e. The highest BCUT2D eigenvalue weighted by atomic mass is 19.1. The van der Waals surface area contributed by atoms with Crippen LogP contribution in [0.15, 0.2) is 66.7 Å². The number of ether oxygens (including phenoxy) is 1. The first-order valence-corrected chi connectivity index (χ1v) is 9.31. The van der Waals surface area contributed by atoms with Crippen molar-refractivity contribution in [3.8, 4) is 5.75 Å². The van der Waals surface area contributed by atoms with Gasteiger partial charge in [-0.15, -0.1) is 0 Å². The van der Waals surface area contributed by atoms with Gasteiger partial charge in [0.2, 0.25) is 0 Å². The Morgan fingerprint density at radius 1 is 1.04 bits per heavy atom. The number of carbonyl (C=O) groups is 1. The van der Waals surface area contributed by atoms with Gasteiger partial charge < -0.3 is 14.6 Å². The van der Waals surface area contributed by atoms with Crippen molar-refractivity contribution < 1.29 is 13.9 Å². The van der Waals surface area contributed by atoms with E-state index in [1.165, 1.54) is 17.6 Å². The molecule has 0 saturated carbocycles. The van der Waals surface area contributed by atoms with Crippen LogP contribution in [0.25, 0.3) is 21.8 Å². The Morgan fingerprint density at radius 2 is 1.75 bits per heavy atom. The lowest BCUT2D eigenvalue weighted by molar-refractivity contribution is -0.122. The third-order valence-corrected chi connectivity index (χ3v) is 4.87. The molecule has 1 atom stereocenters. The van der Waals surface area contributed by atoms with Crippen molar-refractivity contribution >= 4 is 33.4 Å². The zero-order valence-corrected chi connectivity index (χ0v) is 15.8. The molecule has 0 unspecified atom stereocenters. The summed E-state index contributed by atoms with van der Waals surface area (Å²) in [5.41, 5.74) is 2.97. The van der Waals surface area contributed by atoms with Gasteiger partial charge in [-0.2, -0.15) is 0 Å². The first kappa shape index (κ1) is 18.0. The largest absolute Gasteiger partial charge is 0.478 e. The summed E-state index contributed by atoms with van der Waals surface area (Å²) in [7, 11) is 0. The molecule has 0 radical (unpaired) electrons. The van der Waals surface area contributed by atoms with Gasteiger partial charge >= 0.3 is 0 Å². The average molecular weight is 376 g/mol. The van der Waals surface area contributed by atoms with E-state index >= 15 is 0 Å². The molecule has 1 amide bonds. The summed E-state index contributed by atoms with van der Waals surface area (Å²) in [6.45, 7) is 4.58. The molecule has 1 heterocycles. The number of amides is 1. The predicted molar refractivity (Wildman–Crippen MR) is 110 cm³/mol. The third-order valence-electron chi connectivity index (χ3n) is 4.87. The number of carbonyl (C=O) groups excluding carboxylic acids is 1. The molecule has 28 heavy (non-hydrogen) atoms. The molecule has 1 N–H and O–H groups in total. The second kappa shape index (κ2) is 7.35. The maximum Gasteiger partial charge on any atom is 0.265 e. The quantitative estimate of drug-likeness (QED) is 0.510. The Kier molecular flexibility index (Phi) is 4.74. The number of hydrogen-bond acceptors (Lipinski definition) is 2. The van der Waals surface area contributed by atoms with E-state index in [2.05, 4.69) is 28.9 Å². The summed E-state index contributed by atoms with van der Waals surface area (Å²) >= 11 is 0. The van der Waals surface area contributed by atoms with Crippen LogP contribution >= 0.6 is 0 Å². The minimum absolute atomic E-state index is 0.0617. The maximum atomic E-state index is 13.7. The SMILES string of the molecule is CCn1c2ccccc2c2cc(NC(=O)[C@@H](C)Oc3ccccc3F)ccc21. The van der Waals surface area contributed by atoms with Gasteiger partial charge in [0.15, 0.2) is 17.7 Å². The molecule has 0 fully saturated rings. The summed E-state index contributed by atoms with van der Waals surface area (Å²) < 4.78 is 21.5. The highest BCUT2D eigenvalue weighted by Gasteiger charge is 2.17. The summed E-state index contributed by atoms with van der Waals surface area (Å²) in [4.78, 5) is 12.5. The summed E-state index contributed by atoms with van der Waals surface area (Å²) in [5.74, 6) is -0.760. The first-order valence-electron chi connectivity index (χ1n) is 9.31. The van der Waals surface area contributed by atoms with Gasteiger partial charge in [-0.05, 0) is 50.2 Å². The van der Waals surface area contributed by atoms with Gasteiger partial charge in [-0.25, -0.2) is 4.39 Å². The molecule has 0 bridgehead atoms. The molecule has 4 nitrogen and oxygen atoms in total. The van der Waals surface area contributed by atoms with Crippen molar-refractivity contribution in [1.29, 1.82) is 0 Å².